The number of aromatic amines is 2. The largest absolute Gasteiger partial charge is 4.00 e. The van der Waals surface area contributed by atoms with Gasteiger partial charge in [0.15, 0.2) is 0 Å². The molecule has 0 atom stereocenters. The second-order valence-corrected chi connectivity index (χ2v) is 2.73. The Kier molecular flexibility index (Phi) is 12.1. The molecule has 10 nitrogen and oxygen atoms in total. The number of hydrogen-bond acceptors (Lipinski definition) is 6. The van der Waals surface area contributed by atoms with Gasteiger partial charge in [-0.05, 0) is 0 Å². The molecule has 0 bridgehead atoms. The predicted molar refractivity (Wildman–Crippen MR) is 59.1 cm³/mol. The Morgan fingerprint density at radius 3 is 1.33 bits per heavy atom. The third-order valence-electron chi connectivity index (χ3n) is 1.47. The van der Waals surface area contributed by atoms with E-state index in [2.05, 4.69) is 9.97 Å². The molecule has 6 N–H and O–H groups in total. The SMILES string of the molecule is O=c1[nH]c([O-])ncc1F.O=c1[nH]c([O-])ncc1F.[NH2-].[NH2-].[Pt+4]. The molecule has 0 fully saturated rings. The average molecular weight is 485 g/mol. The molecule has 2 aromatic rings. The van der Waals surface area contributed by atoms with Gasteiger partial charge in [0.2, 0.25) is 11.6 Å². The number of H-pyrrole nitrogens is 2. The number of nitrogens with two attached hydrogens (primary N) is 2. The van der Waals surface area contributed by atoms with Gasteiger partial charge < -0.3 is 32.5 Å². The monoisotopic (exact) mass is 485 g/mol. The van der Waals surface area contributed by atoms with Crippen LogP contribution in [0.15, 0.2) is 22.0 Å². The summed E-state index contributed by atoms with van der Waals surface area (Å²) < 4.78 is 23.9. The van der Waals surface area contributed by atoms with Crippen LogP contribution in [0.25, 0.3) is 12.3 Å². The Bertz CT molecular complexity index is 606. The minimum atomic E-state index is -1.05. The smallest absolute Gasteiger partial charge is 0.846 e. The summed E-state index contributed by atoms with van der Waals surface area (Å²) in [7, 11) is 0. The van der Waals surface area contributed by atoms with Crippen molar-refractivity contribution < 1.29 is 40.1 Å². The first-order valence-electron chi connectivity index (χ1n) is 4.24. The quantitative estimate of drug-likeness (QED) is 0.498. The Morgan fingerprint density at radius 1 is 0.857 bits per heavy atom. The third kappa shape index (κ3) is 7.87. The minimum absolute atomic E-state index is 0. The fourth-order valence-electron chi connectivity index (χ4n) is 0.726. The summed E-state index contributed by atoms with van der Waals surface area (Å²) in [6.07, 6.45) is 1.17. The first-order chi connectivity index (χ1) is 8.40. The Hall–Kier alpha value is -2.17. The fourth-order valence-corrected chi connectivity index (χ4v) is 0.726. The van der Waals surface area contributed by atoms with E-state index in [1.165, 1.54) is 0 Å². The predicted octanol–water partition coefficient (Wildman–Crippen LogP) is -0.603. The van der Waals surface area contributed by atoms with Crippen LogP contribution in [-0.2, 0) is 21.1 Å². The molecule has 0 amide bonds. The summed E-state index contributed by atoms with van der Waals surface area (Å²) >= 11 is 0. The second kappa shape index (κ2) is 10.6. The van der Waals surface area contributed by atoms with Crippen LogP contribution in [0.4, 0.5) is 8.78 Å². The Labute approximate surface area is 129 Å². The number of nitrogens with zero attached hydrogens (tertiary/aromatic N) is 2. The molecule has 0 aliphatic rings. The van der Waals surface area contributed by atoms with Crippen LogP contribution < -0.4 is 21.3 Å². The van der Waals surface area contributed by atoms with Crippen molar-refractivity contribution in [2.75, 3.05) is 0 Å². The molecule has 0 saturated heterocycles. The van der Waals surface area contributed by atoms with E-state index in [4.69, 9.17) is 0 Å². The first-order valence-corrected chi connectivity index (χ1v) is 4.24. The molecule has 13 heteroatoms. The molecule has 2 rings (SSSR count). The van der Waals surface area contributed by atoms with Gasteiger partial charge in [-0.2, -0.15) is 8.78 Å². The molecule has 0 aliphatic carbocycles. The zero-order valence-electron chi connectivity index (χ0n) is 9.91. The van der Waals surface area contributed by atoms with E-state index >= 15 is 0 Å². The van der Waals surface area contributed by atoms with Crippen LogP contribution in [0.3, 0.4) is 0 Å². The normalized spacial score (nSPS) is 8.10. The molecule has 0 aliphatic heterocycles. The number of hydrogen-bond donors (Lipinski definition) is 2. The molecule has 0 spiro atoms. The van der Waals surface area contributed by atoms with E-state index in [-0.39, 0.29) is 33.4 Å². The van der Waals surface area contributed by atoms with Gasteiger partial charge in [-0.15, -0.1) is 0 Å². The molecular weight excluding hydrogens is 477 g/mol. The molecule has 0 saturated carbocycles. The van der Waals surface area contributed by atoms with Crippen LogP contribution in [0.1, 0.15) is 0 Å². The third-order valence-corrected chi connectivity index (χ3v) is 1.47. The zero-order chi connectivity index (χ0) is 13.7. The summed E-state index contributed by atoms with van der Waals surface area (Å²) in [6, 6.07) is -1.66. The molecule has 0 aromatic carbocycles. The number of aromatic nitrogens is 4. The van der Waals surface area contributed by atoms with E-state index in [0.717, 1.165) is 0 Å². The van der Waals surface area contributed by atoms with E-state index in [0.29, 0.717) is 12.4 Å². The summed E-state index contributed by atoms with van der Waals surface area (Å²) in [4.78, 5) is 29.5. The van der Waals surface area contributed by atoms with Gasteiger partial charge >= 0.3 is 21.1 Å². The van der Waals surface area contributed by atoms with Crippen molar-refractivity contribution >= 4 is 0 Å². The van der Waals surface area contributed by atoms with E-state index in [9.17, 15) is 28.6 Å². The Morgan fingerprint density at radius 2 is 1.14 bits per heavy atom. The maximum Gasteiger partial charge on any atom is 4.00 e. The van der Waals surface area contributed by atoms with Crippen molar-refractivity contribution in [2.24, 2.45) is 0 Å². The molecule has 0 unspecified atom stereocenters. The van der Waals surface area contributed by atoms with Gasteiger partial charge in [-0.25, -0.2) is 0 Å². The van der Waals surface area contributed by atoms with Crippen molar-refractivity contribution in [1.82, 2.24) is 19.9 Å². The van der Waals surface area contributed by atoms with E-state index in [1.54, 1.807) is 9.97 Å². The van der Waals surface area contributed by atoms with Crippen LogP contribution in [0.2, 0.25) is 0 Å². The summed E-state index contributed by atoms with van der Waals surface area (Å²) in [6.45, 7) is 0. The van der Waals surface area contributed by atoms with E-state index < -0.39 is 34.8 Å². The van der Waals surface area contributed by atoms with Gasteiger partial charge in [-0.3, -0.25) is 19.6 Å². The first kappa shape index (κ1) is 23.9. The van der Waals surface area contributed by atoms with Gasteiger partial charge in [-0.1, -0.05) is 0 Å². The summed E-state index contributed by atoms with van der Waals surface area (Å²) in [5, 5.41) is 20.2. The van der Waals surface area contributed by atoms with Gasteiger partial charge in [0.25, 0.3) is 11.1 Å². The number of halogens is 2. The van der Waals surface area contributed by atoms with Gasteiger partial charge in [0.05, 0.1) is 24.4 Å². The molecular formula is C8H8F2N6O4Pt. The van der Waals surface area contributed by atoms with Crippen LogP contribution in [0.5, 0.6) is 12.0 Å². The summed E-state index contributed by atoms with van der Waals surface area (Å²) in [5.74, 6) is -2.09. The molecule has 0 radical (unpaired) electrons. The Balaban J connectivity index is -0.000000270. The fraction of sp³-hybridized carbons (Fsp3) is 0. The van der Waals surface area contributed by atoms with Crippen LogP contribution in [0, 0.1) is 11.6 Å². The zero-order valence-corrected chi connectivity index (χ0v) is 12.2. The summed E-state index contributed by atoms with van der Waals surface area (Å²) in [5.41, 5.74) is -2.06. The molecule has 2 aromatic heterocycles. The minimum Gasteiger partial charge on any atom is -0.846 e. The van der Waals surface area contributed by atoms with Gasteiger partial charge in [0.1, 0.15) is 0 Å². The maximum absolute atomic E-state index is 12.0. The molecule has 2 heterocycles. The number of nitrogens with one attached hydrogen (secondary N) is 2. The maximum atomic E-state index is 12.0. The number of rotatable bonds is 0. The molecule has 21 heavy (non-hydrogen) atoms. The van der Waals surface area contributed by atoms with Crippen molar-refractivity contribution in [1.29, 1.82) is 0 Å². The topological polar surface area (TPSA) is 205 Å². The molecule has 118 valence electrons. The van der Waals surface area contributed by atoms with Crippen LogP contribution >= 0.6 is 0 Å². The van der Waals surface area contributed by atoms with E-state index in [1.807, 2.05) is 0 Å². The van der Waals surface area contributed by atoms with Crippen LogP contribution in [-0.4, -0.2) is 19.9 Å². The van der Waals surface area contributed by atoms with Gasteiger partial charge in [0, 0.05) is 0 Å². The van der Waals surface area contributed by atoms with Crippen molar-refractivity contribution in [3.8, 4) is 12.0 Å². The van der Waals surface area contributed by atoms with Crippen molar-refractivity contribution in [3.63, 3.8) is 0 Å². The van der Waals surface area contributed by atoms with Crippen molar-refractivity contribution in [2.45, 2.75) is 0 Å². The standard InChI is InChI=1S/2C4H3FN2O2.2H2N.Pt/c2*5-2-1-6-4(9)7-3(2)8;;;/h2*1H,(H2,6,7,8,9);2*1H2;/q;;2*-1;+4/p-2. The van der Waals surface area contributed by atoms with Crippen molar-refractivity contribution in [3.05, 3.63) is 57.0 Å². The average Bonchev–Trinajstić information content (AvgIpc) is 2.30. The second-order valence-electron chi connectivity index (χ2n) is 2.73.